The zero-order valence-electron chi connectivity index (χ0n) is 11.3. The van der Waals surface area contributed by atoms with E-state index >= 15 is 0 Å². The standard InChI is InChI=1S/C11H20N4O2S2/c1-4-9(8-18-3)15(2)19(16,17)10-6-5-7-13-11(10)14-12/h5-7,9H,4,8,12H2,1-3H3,(H,13,14). The van der Waals surface area contributed by atoms with Crippen LogP contribution in [-0.2, 0) is 10.0 Å². The van der Waals surface area contributed by atoms with E-state index in [9.17, 15) is 8.42 Å². The summed E-state index contributed by atoms with van der Waals surface area (Å²) in [6, 6.07) is 3.03. The maximum absolute atomic E-state index is 12.6. The molecule has 0 spiro atoms. The van der Waals surface area contributed by atoms with Crippen molar-refractivity contribution >= 4 is 27.6 Å². The number of nitrogens with two attached hydrogens (primary N) is 1. The molecule has 1 aromatic rings. The van der Waals surface area contributed by atoms with Gasteiger partial charge in [0.25, 0.3) is 0 Å². The number of hydrogen-bond donors (Lipinski definition) is 2. The average molecular weight is 304 g/mol. The molecule has 3 N–H and O–H groups in total. The van der Waals surface area contributed by atoms with E-state index in [0.29, 0.717) is 0 Å². The second-order valence-electron chi connectivity index (χ2n) is 4.03. The topological polar surface area (TPSA) is 88.3 Å². The Morgan fingerprint density at radius 1 is 1.58 bits per heavy atom. The number of hydrogen-bond acceptors (Lipinski definition) is 6. The van der Waals surface area contributed by atoms with Crippen molar-refractivity contribution in [2.45, 2.75) is 24.3 Å². The fourth-order valence-corrected chi connectivity index (χ4v) is 4.20. The van der Waals surface area contributed by atoms with Gasteiger partial charge in [0.15, 0.2) is 5.82 Å². The number of hydrazine groups is 1. The fourth-order valence-electron chi connectivity index (χ4n) is 1.73. The van der Waals surface area contributed by atoms with Crippen LogP contribution < -0.4 is 11.3 Å². The second kappa shape index (κ2) is 7.09. The number of anilines is 1. The van der Waals surface area contributed by atoms with E-state index in [4.69, 9.17) is 5.84 Å². The Morgan fingerprint density at radius 3 is 2.79 bits per heavy atom. The van der Waals surface area contributed by atoms with Crippen molar-refractivity contribution in [1.29, 1.82) is 0 Å². The van der Waals surface area contributed by atoms with Gasteiger partial charge in [-0.2, -0.15) is 16.1 Å². The van der Waals surface area contributed by atoms with Gasteiger partial charge in [-0.25, -0.2) is 19.2 Å². The smallest absolute Gasteiger partial charge is 0.246 e. The first-order valence-corrected chi connectivity index (χ1v) is 8.71. The van der Waals surface area contributed by atoms with Crippen molar-refractivity contribution in [3.8, 4) is 0 Å². The summed E-state index contributed by atoms with van der Waals surface area (Å²) in [5.74, 6) is 6.22. The summed E-state index contributed by atoms with van der Waals surface area (Å²) in [6.45, 7) is 1.97. The quantitative estimate of drug-likeness (QED) is 0.580. The number of nitrogen functional groups attached to an aromatic ring is 1. The zero-order chi connectivity index (χ0) is 14.5. The lowest BCUT2D eigenvalue weighted by Crippen LogP contribution is -2.38. The first-order chi connectivity index (χ1) is 8.98. The van der Waals surface area contributed by atoms with E-state index in [1.165, 1.54) is 16.6 Å². The summed E-state index contributed by atoms with van der Waals surface area (Å²) in [4.78, 5) is 4.03. The van der Waals surface area contributed by atoms with E-state index in [0.717, 1.165) is 12.2 Å². The number of nitrogens with one attached hydrogen (secondary N) is 1. The van der Waals surface area contributed by atoms with Gasteiger partial charge in [0.05, 0.1) is 0 Å². The molecule has 1 unspecified atom stereocenters. The van der Waals surface area contributed by atoms with E-state index in [1.807, 2.05) is 13.2 Å². The SMILES string of the molecule is CCC(CSC)N(C)S(=O)(=O)c1cccnc1NN. The van der Waals surface area contributed by atoms with Crippen molar-refractivity contribution in [2.75, 3.05) is 24.5 Å². The molecular formula is C11H20N4O2S2. The number of rotatable bonds is 7. The lowest BCUT2D eigenvalue weighted by Gasteiger charge is -2.26. The number of aromatic nitrogens is 1. The molecule has 0 saturated carbocycles. The number of sulfonamides is 1. The maximum Gasteiger partial charge on any atom is 0.246 e. The van der Waals surface area contributed by atoms with Crippen molar-refractivity contribution in [3.05, 3.63) is 18.3 Å². The highest BCUT2D eigenvalue weighted by Gasteiger charge is 2.29. The Balaban J connectivity index is 3.15. The van der Waals surface area contributed by atoms with Gasteiger partial charge < -0.3 is 5.43 Å². The van der Waals surface area contributed by atoms with Gasteiger partial charge in [0.2, 0.25) is 10.0 Å². The summed E-state index contributed by atoms with van der Waals surface area (Å²) >= 11 is 1.62. The van der Waals surface area contributed by atoms with Crippen molar-refractivity contribution in [3.63, 3.8) is 0 Å². The minimum absolute atomic E-state index is 0.0502. The summed E-state index contributed by atoms with van der Waals surface area (Å²) in [6.07, 6.45) is 4.20. The first kappa shape index (κ1) is 16.2. The Bertz CT molecular complexity index is 507. The third-order valence-electron chi connectivity index (χ3n) is 2.91. The Hall–Kier alpha value is -0.830. The molecule has 19 heavy (non-hydrogen) atoms. The summed E-state index contributed by atoms with van der Waals surface area (Å²) < 4.78 is 26.5. The van der Waals surface area contributed by atoms with Gasteiger partial charge in [0, 0.05) is 25.0 Å². The monoisotopic (exact) mass is 304 g/mol. The molecule has 1 aromatic heterocycles. The van der Waals surface area contributed by atoms with Crippen LogP contribution >= 0.6 is 11.8 Å². The molecule has 1 rings (SSSR count). The van der Waals surface area contributed by atoms with Crippen LogP contribution in [0.15, 0.2) is 23.2 Å². The van der Waals surface area contributed by atoms with Crippen LogP contribution in [-0.4, -0.2) is 42.8 Å². The summed E-state index contributed by atoms with van der Waals surface area (Å²) in [7, 11) is -2.01. The Labute approximate surface area is 118 Å². The van der Waals surface area contributed by atoms with Gasteiger partial charge in [-0.15, -0.1) is 0 Å². The molecule has 0 aliphatic rings. The average Bonchev–Trinajstić information content (AvgIpc) is 2.43. The molecule has 0 aromatic carbocycles. The number of pyridine rings is 1. The van der Waals surface area contributed by atoms with Gasteiger partial charge in [-0.05, 0) is 24.8 Å². The van der Waals surface area contributed by atoms with Gasteiger partial charge in [-0.3, -0.25) is 0 Å². The summed E-state index contributed by atoms with van der Waals surface area (Å²) in [5.41, 5.74) is 2.32. The third kappa shape index (κ3) is 3.59. The molecule has 1 atom stereocenters. The predicted molar refractivity (Wildman–Crippen MR) is 79.5 cm³/mol. The number of nitrogens with zero attached hydrogens (tertiary/aromatic N) is 2. The zero-order valence-corrected chi connectivity index (χ0v) is 13.0. The van der Waals surface area contributed by atoms with E-state index in [1.54, 1.807) is 24.9 Å². The van der Waals surface area contributed by atoms with Crippen molar-refractivity contribution in [2.24, 2.45) is 5.84 Å². The number of thioether (sulfide) groups is 1. The van der Waals surface area contributed by atoms with Crippen LogP contribution in [0.25, 0.3) is 0 Å². The first-order valence-electron chi connectivity index (χ1n) is 5.87. The van der Waals surface area contributed by atoms with Crippen LogP contribution in [0.4, 0.5) is 5.82 Å². The highest BCUT2D eigenvalue weighted by Crippen LogP contribution is 2.23. The minimum Gasteiger partial charge on any atom is -0.307 e. The molecule has 0 bridgehead atoms. The Morgan fingerprint density at radius 2 is 2.26 bits per heavy atom. The highest BCUT2D eigenvalue weighted by molar-refractivity contribution is 7.98. The fraction of sp³-hybridized carbons (Fsp3) is 0.545. The molecule has 0 fully saturated rings. The molecule has 8 heteroatoms. The van der Waals surface area contributed by atoms with Crippen LogP contribution in [0.5, 0.6) is 0 Å². The van der Waals surface area contributed by atoms with E-state index in [2.05, 4.69) is 10.4 Å². The van der Waals surface area contributed by atoms with Gasteiger partial charge >= 0.3 is 0 Å². The summed E-state index contributed by atoms with van der Waals surface area (Å²) in [5, 5.41) is 0. The molecule has 0 aliphatic carbocycles. The van der Waals surface area contributed by atoms with Crippen molar-refractivity contribution in [1.82, 2.24) is 9.29 Å². The van der Waals surface area contributed by atoms with E-state index in [-0.39, 0.29) is 16.8 Å². The van der Waals surface area contributed by atoms with Gasteiger partial charge in [0.1, 0.15) is 4.90 Å². The van der Waals surface area contributed by atoms with Gasteiger partial charge in [-0.1, -0.05) is 6.92 Å². The lowest BCUT2D eigenvalue weighted by molar-refractivity contribution is 0.385. The predicted octanol–water partition coefficient (Wildman–Crippen LogP) is 1.13. The normalized spacial score (nSPS) is 13.5. The molecule has 6 nitrogen and oxygen atoms in total. The molecule has 1 heterocycles. The highest BCUT2D eigenvalue weighted by atomic mass is 32.2. The van der Waals surface area contributed by atoms with Crippen LogP contribution in [0.1, 0.15) is 13.3 Å². The molecule has 0 aliphatic heterocycles. The molecule has 0 amide bonds. The van der Waals surface area contributed by atoms with E-state index < -0.39 is 10.0 Å². The molecule has 108 valence electrons. The Kier molecular flexibility index (Phi) is 6.05. The maximum atomic E-state index is 12.6. The molecule has 0 radical (unpaired) electrons. The van der Waals surface area contributed by atoms with Crippen LogP contribution in [0.3, 0.4) is 0 Å². The second-order valence-corrected chi connectivity index (χ2v) is 6.91. The van der Waals surface area contributed by atoms with Crippen LogP contribution in [0.2, 0.25) is 0 Å². The molecule has 0 saturated heterocycles. The molecular weight excluding hydrogens is 284 g/mol. The largest absolute Gasteiger partial charge is 0.307 e. The van der Waals surface area contributed by atoms with Crippen LogP contribution in [0, 0.1) is 0 Å². The van der Waals surface area contributed by atoms with Crippen molar-refractivity contribution < 1.29 is 8.42 Å². The minimum atomic E-state index is -3.60. The third-order valence-corrected chi connectivity index (χ3v) is 5.57. The lowest BCUT2D eigenvalue weighted by atomic mass is 10.3.